The Hall–Kier alpha value is -1.08. The van der Waals surface area contributed by atoms with Crippen molar-refractivity contribution in [2.75, 3.05) is 20.1 Å². The molecule has 0 bridgehead atoms. The maximum absolute atomic E-state index is 12.1. The van der Waals surface area contributed by atoms with Gasteiger partial charge in [0, 0.05) is 18.5 Å². The van der Waals surface area contributed by atoms with Crippen molar-refractivity contribution in [2.24, 2.45) is 5.41 Å². The molecule has 0 radical (unpaired) electrons. The van der Waals surface area contributed by atoms with E-state index in [2.05, 4.69) is 16.3 Å². The fraction of sp³-hybridized carbons (Fsp3) is 0.846. The van der Waals surface area contributed by atoms with Crippen molar-refractivity contribution in [2.45, 2.75) is 45.6 Å². The van der Waals surface area contributed by atoms with Crippen molar-refractivity contribution in [1.82, 2.24) is 10.2 Å². The highest BCUT2D eigenvalue weighted by Gasteiger charge is 2.38. The number of carbonyl (C=O) groups excluding carboxylic acids is 1. The van der Waals surface area contributed by atoms with Crippen molar-refractivity contribution in [3.8, 4) is 6.07 Å². The van der Waals surface area contributed by atoms with E-state index < -0.39 is 11.0 Å². The number of nitrogens with one attached hydrogen (secondary N) is 1. The van der Waals surface area contributed by atoms with E-state index in [0.29, 0.717) is 12.8 Å². The summed E-state index contributed by atoms with van der Waals surface area (Å²) >= 11 is 0. The fourth-order valence-electron chi connectivity index (χ4n) is 1.81. The Morgan fingerprint density at radius 2 is 2.00 bits per heavy atom. The van der Waals surface area contributed by atoms with Gasteiger partial charge in [-0.25, -0.2) is 0 Å². The average molecular weight is 237 g/mol. The minimum atomic E-state index is -0.657. The molecular weight excluding hydrogens is 214 g/mol. The average Bonchev–Trinajstić information content (AvgIpc) is 2.32. The molecule has 1 aliphatic heterocycles. The Kier molecular flexibility index (Phi) is 4.16. The van der Waals surface area contributed by atoms with Gasteiger partial charge in [0.05, 0.1) is 6.07 Å². The summed E-state index contributed by atoms with van der Waals surface area (Å²) in [6.07, 6.45) is 2.21. The largest absolute Gasteiger partial charge is 0.337 e. The normalized spacial score (nSPS) is 20.6. The monoisotopic (exact) mass is 237 g/mol. The van der Waals surface area contributed by atoms with Crippen LogP contribution in [0.15, 0.2) is 0 Å². The molecule has 0 atom stereocenters. The molecule has 1 N–H and O–H groups in total. The second-order valence-electron chi connectivity index (χ2n) is 5.69. The van der Waals surface area contributed by atoms with E-state index in [-0.39, 0.29) is 5.91 Å². The summed E-state index contributed by atoms with van der Waals surface area (Å²) in [5.41, 5.74) is -1.05. The second kappa shape index (κ2) is 5.05. The molecule has 96 valence electrons. The number of hydrogen-bond donors (Lipinski definition) is 1. The van der Waals surface area contributed by atoms with Crippen molar-refractivity contribution in [3.63, 3.8) is 0 Å². The van der Waals surface area contributed by atoms with Gasteiger partial charge in [-0.2, -0.15) is 5.26 Å². The molecule has 4 nitrogen and oxygen atoms in total. The molecule has 0 aliphatic carbocycles. The highest BCUT2D eigenvalue weighted by molar-refractivity contribution is 5.82. The predicted octanol–water partition coefficient (Wildman–Crippen LogP) is 1.53. The third-order valence-electron chi connectivity index (χ3n) is 3.91. The van der Waals surface area contributed by atoms with Gasteiger partial charge in [-0.15, -0.1) is 0 Å². The van der Waals surface area contributed by atoms with Gasteiger partial charge in [-0.3, -0.25) is 4.79 Å². The highest BCUT2D eigenvalue weighted by Crippen LogP contribution is 2.25. The number of nitrogens with zero attached hydrogens (tertiary/aromatic N) is 2. The van der Waals surface area contributed by atoms with Crippen molar-refractivity contribution < 1.29 is 4.79 Å². The minimum Gasteiger partial charge on any atom is -0.337 e. The molecule has 0 saturated carbocycles. The number of piperidine rings is 1. The summed E-state index contributed by atoms with van der Waals surface area (Å²) in [7, 11) is 2.04. The van der Waals surface area contributed by atoms with Crippen LogP contribution in [0.4, 0.5) is 0 Å². The van der Waals surface area contributed by atoms with Crippen LogP contribution in [0, 0.1) is 16.7 Å². The van der Waals surface area contributed by atoms with E-state index in [1.54, 1.807) is 0 Å². The second-order valence-corrected chi connectivity index (χ2v) is 5.69. The third-order valence-corrected chi connectivity index (χ3v) is 3.91. The van der Waals surface area contributed by atoms with Gasteiger partial charge in [0.1, 0.15) is 5.54 Å². The zero-order chi connectivity index (χ0) is 13.1. The van der Waals surface area contributed by atoms with E-state index in [1.807, 2.05) is 27.8 Å². The van der Waals surface area contributed by atoms with Gasteiger partial charge in [-0.1, -0.05) is 20.8 Å². The molecule has 0 spiro atoms. The first-order valence-electron chi connectivity index (χ1n) is 6.28. The van der Waals surface area contributed by atoms with Gasteiger partial charge in [0.25, 0.3) is 0 Å². The van der Waals surface area contributed by atoms with E-state index >= 15 is 0 Å². The Balaban J connectivity index is 2.71. The van der Waals surface area contributed by atoms with E-state index in [9.17, 15) is 10.1 Å². The third kappa shape index (κ3) is 3.19. The quantitative estimate of drug-likeness (QED) is 0.810. The number of amides is 1. The topological polar surface area (TPSA) is 56.1 Å². The van der Waals surface area contributed by atoms with Gasteiger partial charge in [-0.05, 0) is 26.3 Å². The fourth-order valence-corrected chi connectivity index (χ4v) is 1.81. The number of likely N-dealkylation sites (tertiary alicyclic amines) is 1. The zero-order valence-corrected chi connectivity index (χ0v) is 11.3. The molecule has 1 fully saturated rings. The molecule has 1 aliphatic rings. The van der Waals surface area contributed by atoms with Crippen LogP contribution < -0.4 is 5.32 Å². The van der Waals surface area contributed by atoms with Gasteiger partial charge in [0.15, 0.2) is 0 Å². The molecule has 0 unspecified atom stereocenters. The molecule has 1 rings (SSSR count). The lowest BCUT2D eigenvalue weighted by Gasteiger charge is -2.38. The summed E-state index contributed by atoms with van der Waals surface area (Å²) in [6, 6.07) is 2.31. The van der Waals surface area contributed by atoms with Crippen molar-refractivity contribution in [1.29, 1.82) is 5.26 Å². The molecule has 0 aromatic rings. The van der Waals surface area contributed by atoms with Crippen molar-refractivity contribution in [3.05, 3.63) is 0 Å². The molecule has 0 aromatic carbocycles. The van der Waals surface area contributed by atoms with Gasteiger partial charge >= 0.3 is 0 Å². The van der Waals surface area contributed by atoms with Crippen molar-refractivity contribution >= 4 is 5.91 Å². The molecule has 4 heteroatoms. The summed E-state index contributed by atoms with van der Waals surface area (Å²) in [5, 5.41) is 12.3. The Labute approximate surface area is 104 Å². The van der Waals surface area contributed by atoms with Crippen LogP contribution in [0.3, 0.4) is 0 Å². The lowest BCUT2D eigenvalue weighted by molar-refractivity contribution is -0.131. The molecular formula is C13H23N3O. The lowest BCUT2D eigenvalue weighted by atomic mass is 9.84. The van der Waals surface area contributed by atoms with Gasteiger partial charge < -0.3 is 10.2 Å². The van der Waals surface area contributed by atoms with Crippen LogP contribution in [-0.2, 0) is 4.79 Å². The van der Waals surface area contributed by atoms with Crippen LogP contribution in [0.2, 0.25) is 0 Å². The SMILES string of the molecule is CCC(C)(C)C(=O)NC1(C#N)CCN(C)CC1. The smallest absolute Gasteiger partial charge is 0.226 e. The summed E-state index contributed by atoms with van der Waals surface area (Å²) in [6.45, 7) is 7.55. The number of hydrogen-bond acceptors (Lipinski definition) is 3. The van der Waals surface area contributed by atoms with Crippen LogP contribution in [0.25, 0.3) is 0 Å². The maximum Gasteiger partial charge on any atom is 0.226 e. The minimum absolute atomic E-state index is 0.00824. The molecule has 17 heavy (non-hydrogen) atoms. The first-order valence-corrected chi connectivity index (χ1v) is 6.28. The maximum atomic E-state index is 12.1. The zero-order valence-electron chi connectivity index (χ0n) is 11.3. The van der Waals surface area contributed by atoms with Gasteiger partial charge in [0.2, 0.25) is 5.91 Å². The number of carbonyl (C=O) groups is 1. The molecule has 1 amide bonds. The molecule has 1 saturated heterocycles. The Morgan fingerprint density at radius 3 is 2.41 bits per heavy atom. The standard InChI is InChI=1S/C13H23N3O/c1-5-12(2,3)11(17)15-13(10-14)6-8-16(4)9-7-13/h5-9H2,1-4H3,(H,15,17). The highest BCUT2D eigenvalue weighted by atomic mass is 16.2. The first-order chi connectivity index (χ1) is 7.85. The predicted molar refractivity (Wildman–Crippen MR) is 67.3 cm³/mol. The lowest BCUT2D eigenvalue weighted by Crippen LogP contribution is -2.56. The molecule has 0 aromatic heterocycles. The number of rotatable bonds is 3. The van der Waals surface area contributed by atoms with Crippen LogP contribution in [0.1, 0.15) is 40.0 Å². The molecule has 1 heterocycles. The van der Waals surface area contributed by atoms with Crippen LogP contribution >= 0.6 is 0 Å². The first kappa shape index (κ1) is 14.0. The van der Waals surface area contributed by atoms with Crippen LogP contribution in [0.5, 0.6) is 0 Å². The Morgan fingerprint density at radius 1 is 1.47 bits per heavy atom. The van der Waals surface area contributed by atoms with E-state index in [1.165, 1.54) is 0 Å². The Bertz CT molecular complexity index is 322. The summed E-state index contributed by atoms with van der Waals surface area (Å²) in [4.78, 5) is 14.3. The van der Waals surface area contributed by atoms with E-state index in [0.717, 1.165) is 19.5 Å². The van der Waals surface area contributed by atoms with Crippen LogP contribution in [-0.4, -0.2) is 36.5 Å². The number of nitriles is 1. The van der Waals surface area contributed by atoms with E-state index in [4.69, 9.17) is 0 Å². The summed E-state index contributed by atoms with van der Waals surface area (Å²) < 4.78 is 0. The summed E-state index contributed by atoms with van der Waals surface area (Å²) in [5.74, 6) is -0.00824.